The van der Waals surface area contributed by atoms with Crippen LogP contribution >= 0.6 is 0 Å². The molecule has 1 aromatic rings. The summed E-state index contributed by atoms with van der Waals surface area (Å²) in [7, 11) is 1.68. The summed E-state index contributed by atoms with van der Waals surface area (Å²) in [6.07, 6.45) is 3.73. The monoisotopic (exact) mass is 274 g/mol. The van der Waals surface area contributed by atoms with Gasteiger partial charge in [-0.2, -0.15) is 0 Å². The van der Waals surface area contributed by atoms with Gasteiger partial charge in [-0.05, 0) is 31.7 Å². The Morgan fingerprint density at radius 1 is 1.35 bits per heavy atom. The zero-order valence-electron chi connectivity index (χ0n) is 12.1. The Morgan fingerprint density at radius 3 is 2.75 bits per heavy atom. The van der Waals surface area contributed by atoms with Gasteiger partial charge in [-0.15, -0.1) is 0 Å². The molecule has 1 saturated carbocycles. The molecular weight excluding hydrogens is 252 g/mol. The lowest BCUT2D eigenvalue weighted by Crippen LogP contribution is -2.37. The Morgan fingerprint density at radius 2 is 2.10 bits per heavy atom. The van der Waals surface area contributed by atoms with Gasteiger partial charge in [0, 0.05) is 12.1 Å². The van der Waals surface area contributed by atoms with Crippen molar-refractivity contribution in [1.29, 1.82) is 0 Å². The smallest absolute Gasteiger partial charge is 0.241 e. The highest BCUT2D eigenvalue weighted by Crippen LogP contribution is 2.35. The minimum absolute atomic E-state index is 0.0609. The van der Waals surface area contributed by atoms with E-state index in [0.29, 0.717) is 5.92 Å². The summed E-state index contributed by atoms with van der Waals surface area (Å²) in [5.41, 5.74) is 1.05. The van der Waals surface area contributed by atoms with E-state index >= 15 is 0 Å². The number of carbonyl (C=O) groups excluding carboxylic acids is 1. The molecule has 20 heavy (non-hydrogen) atoms. The molecule has 4 heteroatoms. The van der Waals surface area contributed by atoms with Crippen molar-refractivity contribution in [3.05, 3.63) is 29.8 Å². The third-order valence-electron chi connectivity index (χ3n) is 4.49. The molecule has 0 spiro atoms. The summed E-state index contributed by atoms with van der Waals surface area (Å²) in [6, 6.07) is 7.82. The maximum absolute atomic E-state index is 12.4. The minimum atomic E-state index is -0.120. The molecular formula is C16H22N2O2. The molecule has 1 aromatic carbocycles. The fraction of sp³-hybridized carbons (Fsp3) is 0.562. The molecule has 3 rings (SSSR count). The molecule has 1 N–H and O–H groups in total. The Hall–Kier alpha value is -1.55. The van der Waals surface area contributed by atoms with E-state index < -0.39 is 0 Å². The van der Waals surface area contributed by atoms with Crippen LogP contribution in [0.1, 0.15) is 37.9 Å². The molecule has 1 heterocycles. The van der Waals surface area contributed by atoms with Gasteiger partial charge in [-0.25, -0.2) is 0 Å². The van der Waals surface area contributed by atoms with Crippen molar-refractivity contribution < 1.29 is 9.53 Å². The van der Waals surface area contributed by atoms with Crippen LogP contribution in [0.25, 0.3) is 0 Å². The van der Waals surface area contributed by atoms with Crippen LogP contribution in [0.5, 0.6) is 5.75 Å². The second-order valence-corrected chi connectivity index (χ2v) is 5.82. The van der Waals surface area contributed by atoms with Crippen molar-refractivity contribution >= 4 is 5.91 Å². The lowest BCUT2D eigenvalue weighted by atomic mass is 9.85. The van der Waals surface area contributed by atoms with Crippen LogP contribution in [0.4, 0.5) is 0 Å². The van der Waals surface area contributed by atoms with Gasteiger partial charge in [-0.3, -0.25) is 10.1 Å². The first kappa shape index (κ1) is 13.4. The molecule has 0 bridgehead atoms. The van der Waals surface area contributed by atoms with E-state index in [1.54, 1.807) is 7.11 Å². The van der Waals surface area contributed by atoms with Crippen molar-refractivity contribution in [1.82, 2.24) is 10.2 Å². The first-order valence-corrected chi connectivity index (χ1v) is 7.40. The number of amides is 1. The van der Waals surface area contributed by atoms with Crippen LogP contribution in [-0.4, -0.2) is 30.5 Å². The number of methoxy groups -OCH3 is 1. The summed E-state index contributed by atoms with van der Waals surface area (Å²) in [5, 5.41) is 3.39. The standard InChI is InChI=1S/C16H22N2O2/c1-11-16(19)18(10-12-6-5-7-12)15(17-11)13-8-3-4-9-14(13)20-2/h3-4,8-9,11-12,15,17H,5-7,10H2,1-2H3. The summed E-state index contributed by atoms with van der Waals surface area (Å²) in [5.74, 6) is 1.71. The molecule has 1 amide bonds. The molecule has 0 aromatic heterocycles. The maximum Gasteiger partial charge on any atom is 0.241 e. The third-order valence-corrected chi connectivity index (χ3v) is 4.49. The van der Waals surface area contributed by atoms with Gasteiger partial charge in [0.25, 0.3) is 0 Å². The van der Waals surface area contributed by atoms with E-state index in [-0.39, 0.29) is 18.1 Å². The minimum Gasteiger partial charge on any atom is -0.496 e. The number of ether oxygens (including phenoxy) is 1. The summed E-state index contributed by atoms with van der Waals surface area (Å²) < 4.78 is 5.44. The number of nitrogens with one attached hydrogen (secondary N) is 1. The van der Waals surface area contributed by atoms with Gasteiger partial charge in [-0.1, -0.05) is 24.6 Å². The Labute approximate surface area is 120 Å². The Kier molecular flexibility index (Phi) is 3.66. The predicted octanol–water partition coefficient (Wildman–Crippen LogP) is 2.31. The molecule has 1 saturated heterocycles. The van der Waals surface area contributed by atoms with Crippen molar-refractivity contribution in [2.75, 3.05) is 13.7 Å². The second kappa shape index (κ2) is 5.44. The molecule has 2 fully saturated rings. The second-order valence-electron chi connectivity index (χ2n) is 5.82. The number of hydrogen-bond donors (Lipinski definition) is 1. The number of nitrogens with zero attached hydrogens (tertiary/aromatic N) is 1. The van der Waals surface area contributed by atoms with Gasteiger partial charge in [0.1, 0.15) is 11.9 Å². The van der Waals surface area contributed by atoms with Gasteiger partial charge < -0.3 is 9.64 Å². The van der Waals surface area contributed by atoms with Crippen molar-refractivity contribution in [3.8, 4) is 5.75 Å². The molecule has 2 unspecified atom stereocenters. The number of benzene rings is 1. The summed E-state index contributed by atoms with van der Waals surface area (Å²) in [4.78, 5) is 14.4. The van der Waals surface area contributed by atoms with E-state index in [2.05, 4.69) is 5.32 Å². The van der Waals surface area contributed by atoms with E-state index in [9.17, 15) is 4.79 Å². The molecule has 2 atom stereocenters. The molecule has 4 nitrogen and oxygen atoms in total. The van der Waals surface area contributed by atoms with Gasteiger partial charge >= 0.3 is 0 Å². The van der Waals surface area contributed by atoms with E-state index in [0.717, 1.165) is 17.9 Å². The molecule has 0 radical (unpaired) electrons. The molecule has 1 aliphatic carbocycles. The number of hydrogen-bond acceptors (Lipinski definition) is 3. The van der Waals surface area contributed by atoms with Crippen molar-refractivity contribution in [3.63, 3.8) is 0 Å². The Balaban J connectivity index is 1.87. The fourth-order valence-corrected chi connectivity index (χ4v) is 3.07. The lowest BCUT2D eigenvalue weighted by molar-refractivity contribution is -0.130. The summed E-state index contributed by atoms with van der Waals surface area (Å²) >= 11 is 0. The third kappa shape index (κ3) is 2.29. The van der Waals surface area contributed by atoms with Crippen LogP contribution in [-0.2, 0) is 4.79 Å². The van der Waals surface area contributed by atoms with Gasteiger partial charge in [0.15, 0.2) is 0 Å². The highest BCUT2D eigenvalue weighted by molar-refractivity contribution is 5.84. The number of para-hydroxylation sites is 1. The largest absolute Gasteiger partial charge is 0.496 e. The quantitative estimate of drug-likeness (QED) is 0.916. The first-order chi connectivity index (χ1) is 9.70. The molecule has 2 aliphatic rings. The van der Waals surface area contributed by atoms with Gasteiger partial charge in [0.05, 0.1) is 13.2 Å². The van der Waals surface area contributed by atoms with Crippen LogP contribution < -0.4 is 10.1 Å². The van der Waals surface area contributed by atoms with Crippen LogP contribution in [0, 0.1) is 5.92 Å². The highest BCUT2D eigenvalue weighted by Gasteiger charge is 2.39. The van der Waals surface area contributed by atoms with Crippen molar-refractivity contribution in [2.45, 2.75) is 38.4 Å². The first-order valence-electron chi connectivity index (χ1n) is 7.40. The van der Waals surface area contributed by atoms with Crippen LogP contribution in [0.3, 0.4) is 0 Å². The van der Waals surface area contributed by atoms with E-state index in [1.165, 1.54) is 19.3 Å². The van der Waals surface area contributed by atoms with Crippen LogP contribution in [0.2, 0.25) is 0 Å². The average Bonchev–Trinajstić information content (AvgIpc) is 2.70. The van der Waals surface area contributed by atoms with E-state index in [4.69, 9.17) is 4.74 Å². The SMILES string of the molecule is COc1ccccc1C1NC(C)C(=O)N1CC1CCC1. The van der Waals surface area contributed by atoms with Crippen molar-refractivity contribution in [2.24, 2.45) is 5.92 Å². The predicted molar refractivity (Wildman–Crippen MR) is 77.4 cm³/mol. The number of rotatable bonds is 4. The van der Waals surface area contributed by atoms with Crippen LogP contribution in [0.15, 0.2) is 24.3 Å². The Bertz CT molecular complexity index is 499. The maximum atomic E-state index is 12.4. The average molecular weight is 274 g/mol. The lowest BCUT2D eigenvalue weighted by Gasteiger charge is -2.33. The van der Waals surface area contributed by atoms with E-state index in [1.807, 2.05) is 36.1 Å². The molecule has 1 aliphatic heterocycles. The number of carbonyl (C=O) groups is 1. The summed E-state index contributed by atoms with van der Waals surface area (Å²) in [6.45, 7) is 2.80. The molecule has 108 valence electrons. The highest BCUT2D eigenvalue weighted by atomic mass is 16.5. The topological polar surface area (TPSA) is 41.6 Å². The zero-order chi connectivity index (χ0) is 14.1. The van der Waals surface area contributed by atoms with Gasteiger partial charge in [0.2, 0.25) is 5.91 Å². The zero-order valence-corrected chi connectivity index (χ0v) is 12.1. The fourth-order valence-electron chi connectivity index (χ4n) is 3.07. The normalized spacial score (nSPS) is 26.7.